The predicted molar refractivity (Wildman–Crippen MR) is 91.6 cm³/mol. The lowest BCUT2D eigenvalue weighted by molar-refractivity contribution is 0.374. The quantitative estimate of drug-likeness (QED) is 0.785. The molecule has 1 aliphatic rings. The van der Waals surface area contributed by atoms with E-state index >= 15 is 0 Å². The van der Waals surface area contributed by atoms with E-state index in [9.17, 15) is 8.42 Å². The molecule has 5 nitrogen and oxygen atoms in total. The van der Waals surface area contributed by atoms with Crippen molar-refractivity contribution in [2.24, 2.45) is 11.7 Å². The maximum absolute atomic E-state index is 12.5. The number of benzene rings is 1. The van der Waals surface area contributed by atoms with Gasteiger partial charge in [-0.3, -0.25) is 0 Å². The Kier molecular flexibility index (Phi) is 6.41. The minimum absolute atomic E-state index is 0. The average Bonchev–Trinajstić information content (AvgIpc) is 3.22. The molecule has 0 heterocycles. The second-order valence-corrected chi connectivity index (χ2v) is 8.07. The predicted octanol–water partition coefficient (Wildman–Crippen LogP) is 1.58. The molecule has 22 heavy (non-hydrogen) atoms. The fraction of sp³-hybridized carbons (Fsp3) is 0.600. The summed E-state index contributed by atoms with van der Waals surface area (Å²) in [4.78, 5) is 2.34. The third-order valence-corrected chi connectivity index (χ3v) is 5.63. The first kappa shape index (κ1) is 19.4. The van der Waals surface area contributed by atoms with Gasteiger partial charge in [0, 0.05) is 18.6 Å². The molecule has 1 aromatic carbocycles. The molecule has 0 bridgehead atoms. The minimum atomic E-state index is -3.52. The number of hydrogen-bond donors (Lipinski definition) is 2. The van der Waals surface area contributed by atoms with E-state index in [0.717, 1.165) is 24.9 Å². The molecular weight excluding hydrogens is 322 g/mol. The van der Waals surface area contributed by atoms with Crippen LogP contribution in [0.3, 0.4) is 0 Å². The molecule has 0 spiro atoms. The number of nitrogens with zero attached hydrogens (tertiary/aromatic N) is 1. The molecule has 2 rings (SSSR count). The van der Waals surface area contributed by atoms with Gasteiger partial charge in [0.1, 0.15) is 0 Å². The van der Waals surface area contributed by atoms with Gasteiger partial charge >= 0.3 is 0 Å². The summed E-state index contributed by atoms with van der Waals surface area (Å²) in [5.74, 6) is 0.352. The minimum Gasteiger partial charge on any atom is -0.329 e. The van der Waals surface area contributed by atoms with Gasteiger partial charge in [0.25, 0.3) is 0 Å². The van der Waals surface area contributed by atoms with Gasteiger partial charge < -0.3 is 10.6 Å². The van der Waals surface area contributed by atoms with Crippen LogP contribution in [0.4, 0.5) is 0 Å². The highest BCUT2D eigenvalue weighted by Gasteiger charge is 2.43. The molecule has 0 amide bonds. The van der Waals surface area contributed by atoms with Crippen molar-refractivity contribution in [3.05, 3.63) is 29.8 Å². The summed E-state index contributed by atoms with van der Waals surface area (Å²) in [5.41, 5.74) is 6.33. The molecular formula is C15H26ClN3O2S. The molecule has 1 aromatic rings. The Bertz CT molecular complexity index is 585. The maximum atomic E-state index is 12.5. The number of hydrogen-bond acceptors (Lipinski definition) is 4. The average molecular weight is 348 g/mol. The fourth-order valence-corrected chi connectivity index (χ4v) is 3.99. The molecule has 1 unspecified atom stereocenters. The van der Waals surface area contributed by atoms with E-state index in [4.69, 9.17) is 5.73 Å². The molecule has 0 saturated heterocycles. The third-order valence-electron chi connectivity index (χ3n) is 4.00. The smallest absolute Gasteiger partial charge is 0.241 e. The molecule has 0 radical (unpaired) electrons. The van der Waals surface area contributed by atoms with Crippen LogP contribution in [0.2, 0.25) is 0 Å². The van der Waals surface area contributed by atoms with Gasteiger partial charge in [0.15, 0.2) is 0 Å². The van der Waals surface area contributed by atoms with Crippen LogP contribution in [-0.2, 0) is 16.6 Å². The lowest BCUT2D eigenvalue weighted by Crippen LogP contribution is -2.52. The van der Waals surface area contributed by atoms with E-state index in [-0.39, 0.29) is 12.4 Å². The molecule has 3 N–H and O–H groups in total. The number of sulfonamides is 1. The van der Waals surface area contributed by atoms with Gasteiger partial charge in [-0.25, -0.2) is 13.1 Å². The first-order valence-corrected chi connectivity index (χ1v) is 8.73. The van der Waals surface area contributed by atoms with Gasteiger partial charge in [-0.15, -0.1) is 12.4 Å². The van der Waals surface area contributed by atoms with Crippen molar-refractivity contribution in [1.29, 1.82) is 0 Å². The highest BCUT2D eigenvalue weighted by molar-refractivity contribution is 7.89. The molecule has 7 heteroatoms. The Morgan fingerprint density at radius 1 is 1.27 bits per heavy atom. The van der Waals surface area contributed by atoms with Crippen LogP contribution in [0.25, 0.3) is 0 Å². The standard InChI is InChI=1S/C15H25N3O2S.ClH/c1-15(11-16,13-6-7-13)17-21(19,20)14-8-4-12(5-9-14)10-18(2)3;/h4-5,8-9,13,17H,6-7,10-11,16H2,1-3H3;1H. The van der Waals surface area contributed by atoms with E-state index in [0.29, 0.717) is 17.4 Å². The highest BCUT2D eigenvalue weighted by Crippen LogP contribution is 2.39. The zero-order chi connectivity index (χ0) is 15.7. The van der Waals surface area contributed by atoms with Crippen molar-refractivity contribution in [3.8, 4) is 0 Å². The Hall–Kier alpha value is -0.660. The monoisotopic (exact) mass is 347 g/mol. The second-order valence-electron chi connectivity index (χ2n) is 6.38. The van der Waals surface area contributed by atoms with E-state index in [2.05, 4.69) is 4.72 Å². The van der Waals surface area contributed by atoms with E-state index in [1.54, 1.807) is 12.1 Å². The topological polar surface area (TPSA) is 75.4 Å². The summed E-state index contributed by atoms with van der Waals surface area (Å²) < 4.78 is 27.8. The van der Waals surface area contributed by atoms with Crippen LogP contribution in [-0.4, -0.2) is 39.5 Å². The van der Waals surface area contributed by atoms with Crippen LogP contribution in [0, 0.1) is 5.92 Å². The van der Waals surface area contributed by atoms with Crippen LogP contribution < -0.4 is 10.5 Å². The first-order valence-electron chi connectivity index (χ1n) is 7.24. The Morgan fingerprint density at radius 2 is 1.82 bits per heavy atom. The summed E-state index contributed by atoms with van der Waals surface area (Å²) in [6, 6.07) is 7.02. The number of rotatable bonds is 7. The Balaban J connectivity index is 0.00000242. The molecule has 0 aromatic heterocycles. The van der Waals surface area contributed by atoms with Crippen LogP contribution in [0.15, 0.2) is 29.2 Å². The van der Waals surface area contributed by atoms with Gasteiger partial charge in [-0.05, 0) is 57.5 Å². The zero-order valence-electron chi connectivity index (χ0n) is 13.4. The number of halogens is 1. The summed E-state index contributed by atoms with van der Waals surface area (Å²) in [7, 11) is 0.437. The summed E-state index contributed by atoms with van der Waals surface area (Å²) in [6.07, 6.45) is 2.08. The summed E-state index contributed by atoms with van der Waals surface area (Å²) in [6.45, 7) is 2.99. The molecule has 1 fully saturated rings. The second kappa shape index (κ2) is 7.27. The maximum Gasteiger partial charge on any atom is 0.241 e. The van der Waals surface area contributed by atoms with Crippen LogP contribution in [0.1, 0.15) is 25.3 Å². The van der Waals surface area contributed by atoms with Crippen molar-refractivity contribution >= 4 is 22.4 Å². The van der Waals surface area contributed by atoms with Crippen molar-refractivity contribution in [2.45, 2.75) is 36.7 Å². The fourth-order valence-electron chi connectivity index (χ4n) is 2.52. The molecule has 0 aliphatic heterocycles. The van der Waals surface area contributed by atoms with Crippen molar-refractivity contribution in [2.75, 3.05) is 20.6 Å². The van der Waals surface area contributed by atoms with Gasteiger partial charge in [-0.1, -0.05) is 12.1 Å². The normalized spacial score (nSPS) is 17.9. The number of nitrogens with one attached hydrogen (secondary N) is 1. The molecule has 1 aliphatic carbocycles. The van der Waals surface area contributed by atoms with Crippen LogP contribution in [0.5, 0.6) is 0 Å². The van der Waals surface area contributed by atoms with Crippen molar-refractivity contribution in [3.63, 3.8) is 0 Å². The molecule has 1 saturated carbocycles. The van der Waals surface area contributed by atoms with Gasteiger partial charge in [0.05, 0.1) is 4.90 Å². The lowest BCUT2D eigenvalue weighted by atomic mass is 9.98. The highest BCUT2D eigenvalue weighted by atomic mass is 35.5. The van der Waals surface area contributed by atoms with E-state index in [1.165, 1.54) is 0 Å². The Morgan fingerprint density at radius 3 is 2.23 bits per heavy atom. The van der Waals surface area contributed by atoms with Crippen molar-refractivity contribution < 1.29 is 8.42 Å². The molecule has 126 valence electrons. The summed E-state index contributed by atoms with van der Waals surface area (Å²) in [5, 5.41) is 0. The van der Waals surface area contributed by atoms with E-state index in [1.807, 2.05) is 38.1 Å². The van der Waals surface area contributed by atoms with E-state index < -0.39 is 15.6 Å². The van der Waals surface area contributed by atoms with Crippen molar-refractivity contribution in [1.82, 2.24) is 9.62 Å². The summed E-state index contributed by atoms with van der Waals surface area (Å²) >= 11 is 0. The third kappa shape index (κ3) is 4.67. The zero-order valence-corrected chi connectivity index (χ0v) is 15.0. The largest absolute Gasteiger partial charge is 0.329 e. The number of nitrogens with two attached hydrogens (primary N) is 1. The van der Waals surface area contributed by atoms with Gasteiger partial charge in [0.2, 0.25) is 10.0 Å². The lowest BCUT2D eigenvalue weighted by Gasteiger charge is -2.29. The Labute approximate surface area is 139 Å². The first-order chi connectivity index (χ1) is 9.77. The van der Waals surface area contributed by atoms with Crippen LogP contribution >= 0.6 is 12.4 Å². The SMILES string of the molecule is CN(C)Cc1ccc(S(=O)(=O)NC(C)(CN)C2CC2)cc1.Cl. The van der Waals surface area contributed by atoms with Gasteiger partial charge in [-0.2, -0.15) is 0 Å². The molecule has 1 atom stereocenters.